The lowest BCUT2D eigenvalue weighted by molar-refractivity contribution is -0.124. The summed E-state index contributed by atoms with van der Waals surface area (Å²) in [4.78, 5) is 14.4. The van der Waals surface area contributed by atoms with E-state index in [1.807, 2.05) is 13.0 Å². The van der Waals surface area contributed by atoms with Gasteiger partial charge in [-0.15, -0.1) is 24.8 Å². The molecule has 138 valence electrons. The standard InChI is InChI=1S/C18H29N3O.2ClH/c1-14(11-19)18(22)20-12-16-8-3-4-9-17(16)13-21-10-6-5-7-15(21)2;;/h3-4,8-9,14-15H,5-7,10-13,19H2,1-2H3,(H,20,22);2*1H. The summed E-state index contributed by atoms with van der Waals surface area (Å²) >= 11 is 0. The maximum Gasteiger partial charge on any atom is 0.224 e. The van der Waals surface area contributed by atoms with E-state index in [1.54, 1.807) is 0 Å². The molecular formula is C18H31Cl2N3O. The van der Waals surface area contributed by atoms with Gasteiger partial charge in [-0.05, 0) is 37.4 Å². The molecule has 6 heteroatoms. The quantitative estimate of drug-likeness (QED) is 0.802. The number of benzene rings is 1. The predicted octanol–water partition coefficient (Wildman–Crippen LogP) is 3.12. The van der Waals surface area contributed by atoms with Crippen LogP contribution in [0.15, 0.2) is 24.3 Å². The third-order valence-electron chi connectivity index (χ3n) is 4.69. The van der Waals surface area contributed by atoms with Crippen molar-refractivity contribution in [3.63, 3.8) is 0 Å². The molecule has 1 fully saturated rings. The van der Waals surface area contributed by atoms with Crippen LogP contribution in [-0.2, 0) is 17.9 Å². The maximum atomic E-state index is 11.9. The molecule has 0 spiro atoms. The molecule has 1 saturated heterocycles. The van der Waals surface area contributed by atoms with Crippen LogP contribution in [0.2, 0.25) is 0 Å². The number of nitrogens with zero attached hydrogens (tertiary/aromatic N) is 1. The molecule has 1 aliphatic heterocycles. The number of halogens is 2. The molecule has 1 aliphatic rings. The maximum absolute atomic E-state index is 11.9. The highest BCUT2D eigenvalue weighted by Gasteiger charge is 2.19. The number of likely N-dealkylation sites (tertiary alicyclic amines) is 1. The summed E-state index contributed by atoms with van der Waals surface area (Å²) in [7, 11) is 0. The largest absolute Gasteiger partial charge is 0.352 e. The number of carbonyl (C=O) groups excluding carboxylic acids is 1. The molecule has 1 heterocycles. The molecule has 0 aliphatic carbocycles. The normalized spacial score (nSPS) is 18.9. The first-order valence-electron chi connectivity index (χ1n) is 8.40. The monoisotopic (exact) mass is 375 g/mol. The van der Waals surface area contributed by atoms with Crippen molar-refractivity contribution in [2.45, 2.75) is 52.2 Å². The summed E-state index contributed by atoms with van der Waals surface area (Å²) in [5.41, 5.74) is 8.07. The highest BCUT2D eigenvalue weighted by Crippen LogP contribution is 2.20. The third-order valence-corrected chi connectivity index (χ3v) is 4.69. The fourth-order valence-electron chi connectivity index (χ4n) is 2.96. The smallest absolute Gasteiger partial charge is 0.224 e. The molecule has 0 radical (unpaired) electrons. The molecule has 1 amide bonds. The Balaban J connectivity index is 0.00000264. The van der Waals surface area contributed by atoms with E-state index in [-0.39, 0.29) is 36.6 Å². The highest BCUT2D eigenvalue weighted by atomic mass is 35.5. The third kappa shape index (κ3) is 6.60. The first-order valence-corrected chi connectivity index (χ1v) is 8.40. The second-order valence-corrected chi connectivity index (χ2v) is 6.44. The first kappa shape index (κ1) is 23.2. The Morgan fingerprint density at radius 1 is 1.29 bits per heavy atom. The second-order valence-electron chi connectivity index (χ2n) is 6.44. The molecule has 24 heavy (non-hydrogen) atoms. The molecule has 2 atom stereocenters. The molecule has 2 unspecified atom stereocenters. The van der Waals surface area contributed by atoms with Crippen LogP contribution in [0, 0.1) is 5.92 Å². The lowest BCUT2D eigenvalue weighted by Gasteiger charge is -2.33. The Bertz CT molecular complexity index is 499. The number of nitrogens with one attached hydrogen (secondary N) is 1. The molecular weight excluding hydrogens is 345 g/mol. The minimum Gasteiger partial charge on any atom is -0.352 e. The van der Waals surface area contributed by atoms with Crippen LogP contribution in [0.25, 0.3) is 0 Å². The zero-order valence-corrected chi connectivity index (χ0v) is 16.3. The zero-order chi connectivity index (χ0) is 15.9. The van der Waals surface area contributed by atoms with Gasteiger partial charge in [0.25, 0.3) is 0 Å². The Morgan fingerprint density at radius 3 is 2.58 bits per heavy atom. The topological polar surface area (TPSA) is 58.4 Å². The fraction of sp³-hybridized carbons (Fsp3) is 0.611. The average Bonchev–Trinajstić information content (AvgIpc) is 2.55. The molecule has 4 nitrogen and oxygen atoms in total. The number of carbonyl (C=O) groups is 1. The van der Waals surface area contributed by atoms with E-state index in [4.69, 9.17) is 5.73 Å². The fourth-order valence-corrected chi connectivity index (χ4v) is 2.96. The summed E-state index contributed by atoms with van der Waals surface area (Å²) in [5.74, 6) is -0.0991. The first-order chi connectivity index (χ1) is 10.6. The SMILES string of the molecule is CC(CN)C(=O)NCc1ccccc1CN1CCCCC1C.Cl.Cl. The van der Waals surface area contributed by atoms with Gasteiger partial charge in [-0.2, -0.15) is 0 Å². The molecule has 1 aromatic carbocycles. The Kier molecular flexibility index (Phi) is 11.3. The van der Waals surface area contributed by atoms with Crippen molar-refractivity contribution in [2.24, 2.45) is 11.7 Å². The van der Waals surface area contributed by atoms with Gasteiger partial charge < -0.3 is 11.1 Å². The molecule has 2 rings (SSSR count). The predicted molar refractivity (Wildman–Crippen MR) is 105 cm³/mol. The van der Waals surface area contributed by atoms with Crippen LogP contribution < -0.4 is 11.1 Å². The summed E-state index contributed by atoms with van der Waals surface area (Å²) in [6.45, 7) is 7.29. The number of hydrogen-bond donors (Lipinski definition) is 2. The van der Waals surface area contributed by atoms with E-state index < -0.39 is 0 Å². The Morgan fingerprint density at radius 2 is 1.96 bits per heavy atom. The van der Waals surface area contributed by atoms with Gasteiger partial charge in [-0.25, -0.2) is 0 Å². The molecule has 3 N–H and O–H groups in total. The number of amides is 1. The number of rotatable bonds is 6. The van der Waals surface area contributed by atoms with Crippen molar-refractivity contribution < 1.29 is 4.79 Å². The summed E-state index contributed by atoms with van der Waals surface area (Å²) < 4.78 is 0. The number of piperidine rings is 1. The van der Waals surface area contributed by atoms with E-state index in [9.17, 15) is 4.79 Å². The van der Waals surface area contributed by atoms with Crippen molar-refractivity contribution in [2.75, 3.05) is 13.1 Å². The van der Waals surface area contributed by atoms with Crippen LogP contribution in [0.5, 0.6) is 0 Å². The van der Waals surface area contributed by atoms with Gasteiger partial charge in [0, 0.05) is 31.6 Å². The number of hydrogen-bond acceptors (Lipinski definition) is 3. The van der Waals surface area contributed by atoms with Gasteiger partial charge in [0.2, 0.25) is 5.91 Å². The summed E-state index contributed by atoms with van der Waals surface area (Å²) in [5, 5.41) is 3.00. The molecule has 0 bridgehead atoms. The molecule has 0 aromatic heterocycles. The average molecular weight is 376 g/mol. The van der Waals surface area contributed by atoms with Gasteiger partial charge in [0.05, 0.1) is 0 Å². The van der Waals surface area contributed by atoms with Gasteiger partial charge in [-0.3, -0.25) is 9.69 Å². The minimum atomic E-state index is -0.130. The van der Waals surface area contributed by atoms with Crippen molar-refractivity contribution in [3.8, 4) is 0 Å². The van der Waals surface area contributed by atoms with Gasteiger partial charge >= 0.3 is 0 Å². The van der Waals surface area contributed by atoms with Crippen LogP contribution in [-0.4, -0.2) is 29.9 Å². The van der Waals surface area contributed by atoms with Crippen molar-refractivity contribution >= 4 is 30.7 Å². The molecule has 1 aromatic rings. The summed E-state index contributed by atoms with van der Waals surface area (Å²) in [6.07, 6.45) is 3.91. The van der Waals surface area contributed by atoms with Crippen LogP contribution in [0.1, 0.15) is 44.2 Å². The Labute approximate surface area is 158 Å². The van der Waals surface area contributed by atoms with Crippen molar-refractivity contribution in [3.05, 3.63) is 35.4 Å². The lowest BCUT2D eigenvalue weighted by atomic mass is 10.0. The lowest BCUT2D eigenvalue weighted by Crippen LogP contribution is -2.37. The van der Waals surface area contributed by atoms with E-state index in [0.717, 1.165) is 6.54 Å². The van der Waals surface area contributed by atoms with Crippen molar-refractivity contribution in [1.29, 1.82) is 0 Å². The minimum absolute atomic E-state index is 0. The van der Waals surface area contributed by atoms with Crippen LogP contribution in [0.3, 0.4) is 0 Å². The van der Waals surface area contributed by atoms with Gasteiger partial charge in [-0.1, -0.05) is 37.6 Å². The van der Waals surface area contributed by atoms with Gasteiger partial charge in [0.1, 0.15) is 0 Å². The number of nitrogens with two attached hydrogens (primary N) is 1. The summed E-state index contributed by atoms with van der Waals surface area (Å²) in [6, 6.07) is 9.05. The molecule has 0 saturated carbocycles. The second kappa shape index (κ2) is 11.7. The van der Waals surface area contributed by atoms with E-state index in [1.165, 1.54) is 36.9 Å². The zero-order valence-electron chi connectivity index (χ0n) is 14.7. The van der Waals surface area contributed by atoms with Crippen molar-refractivity contribution in [1.82, 2.24) is 10.2 Å². The van der Waals surface area contributed by atoms with Gasteiger partial charge in [0.15, 0.2) is 0 Å². The van der Waals surface area contributed by atoms with Crippen LogP contribution >= 0.6 is 24.8 Å². The van der Waals surface area contributed by atoms with E-state index in [0.29, 0.717) is 19.1 Å². The highest BCUT2D eigenvalue weighted by molar-refractivity contribution is 5.85. The van der Waals surface area contributed by atoms with E-state index >= 15 is 0 Å². The van der Waals surface area contributed by atoms with Crippen LogP contribution in [0.4, 0.5) is 0 Å². The van der Waals surface area contributed by atoms with E-state index in [2.05, 4.69) is 35.3 Å². The Hall–Kier alpha value is -0.810.